The molecule has 0 fully saturated rings. The van der Waals surface area contributed by atoms with E-state index in [0.29, 0.717) is 10.7 Å². The first-order valence-electron chi connectivity index (χ1n) is 7.54. The number of carbonyl (C=O) groups excluding carboxylic acids is 1. The molecule has 1 unspecified atom stereocenters. The topological polar surface area (TPSA) is 80.6 Å². The fraction of sp³-hybridized carbons (Fsp3) is 0.412. The number of halogens is 1. The molecule has 7 heteroatoms. The van der Waals surface area contributed by atoms with Crippen molar-refractivity contribution < 1.29 is 19.4 Å². The van der Waals surface area contributed by atoms with Crippen LogP contribution in [0.4, 0.5) is 4.79 Å². The van der Waals surface area contributed by atoms with E-state index < -0.39 is 23.7 Å². The van der Waals surface area contributed by atoms with Gasteiger partial charge < -0.3 is 19.7 Å². The normalized spacial score (nSPS) is 12.9. The first-order chi connectivity index (χ1) is 11.1. The van der Waals surface area contributed by atoms with Gasteiger partial charge in [-0.3, -0.25) is 0 Å². The van der Waals surface area contributed by atoms with E-state index >= 15 is 0 Å². The number of nitrogens with one attached hydrogen (secondary N) is 1. The quantitative estimate of drug-likeness (QED) is 0.884. The standard InChI is InChI=1S/C17H21ClN2O4/c1-17(2,3)24-16(23)19-12(15(21)22)9-11-10-7-5-6-8-13(10)20(4)14(11)18/h5-8,12H,9H2,1-4H3,(H,19,23)(H,21,22). The summed E-state index contributed by atoms with van der Waals surface area (Å²) in [6, 6.07) is 6.39. The minimum atomic E-state index is -1.15. The molecule has 2 rings (SSSR count). The van der Waals surface area contributed by atoms with Crippen molar-refractivity contribution in [3.63, 3.8) is 0 Å². The van der Waals surface area contributed by atoms with Crippen LogP contribution in [0.1, 0.15) is 26.3 Å². The summed E-state index contributed by atoms with van der Waals surface area (Å²) in [5, 5.41) is 13.1. The molecule has 1 heterocycles. The van der Waals surface area contributed by atoms with Crippen LogP contribution in [-0.4, -0.2) is 33.4 Å². The number of carboxylic acid groups (broad SMARTS) is 1. The van der Waals surface area contributed by atoms with Crippen LogP contribution >= 0.6 is 11.6 Å². The number of aliphatic carboxylic acids is 1. The summed E-state index contributed by atoms with van der Waals surface area (Å²) in [7, 11) is 1.81. The molecule has 1 aromatic heterocycles. The number of benzene rings is 1. The van der Waals surface area contributed by atoms with Gasteiger partial charge in [0, 0.05) is 24.4 Å². The van der Waals surface area contributed by atoms with Crippen molar-refractivity contribution in [2.45, 2.75) is 38.8 Å². The maximum Gasteiger partial charge on any atom is 0.408 e. The SMILES string of the molecule is Cn1c(Cl)c(CC(NC(=O)OC(C)(C)C)C(=O)O)c2ccccc21. The average molecular weight is 353 g/mol. The van der Waals surface area contributed by atoms with Crippen molar-refractivity contribution in [2.24, 2.45) is 7.05 Å². The Labute approximate surface area is 145 Å². The second kappa shape index (κ2) is 6.73. The highest BCUT2D eigenvalue weighted by Gasteiger charge is 2.26. The smallest absolute Gasteiger partial charge is 0.408 e. The van der Waals surface area contributed by atoms with Gasteiger partial charge in [0.1, 0.15) is 16.8 Å². The van der Waals surface area contributed by atoms with Crippen LogP contribution in [0, 0.1) is 0 Å². The first kappa shape index (κ1) is 18.1. The molecule has 24 heavy (non-hydrogen) atoms. The summed E-state index contributed by atoms with van der Waals surface area (Å²) < 4.78 is 6.92. The predicted octanol–water partition coefficient (Wildman–Crippen LogP) is 3.35. The lowest BCUT2D eigenvalue weighted by atomic mass is 10.1. The third kappa shape index (κ3) is 4.00. The fourth-order valence-electron chi connectivity index (χ4n) is 2.49. The molecular formula is C17H21ClN2O4. The molecule has 0 aliphatic heterocycles. The minimum absolute atomic E-state index is 0.0642. The van der Waals surface area contributed by atoms with E-state index in [1.165, 1.54) is 0 Å². The highest BCUT2D eigenvalue weighted by Crippen LogP contribution is 2.30. The van der Waals surface area contributed by atoms with Crippen LogP contribution < -0.4 is 5.32 Å². The Bertz CT molecular complexity index is 777. The Kier molecular flexibility index (Phi) is 5.08. The van der Waals surface area contributed by atoms with Gasteiger partial charge in [-0.2, -0.15) is 0 Å². The molecule has 0 aliphatic carbocycles. The lowest BCUT2D eigenvalue weighted by Crippen LogP contribution is -2.44. The first-order valence-corrected chi connectivity index (χ1v) is 7.92. The molecule has 2 N–H and O–H groups in total. The van der Waals surface area contributed by atoms with Gasteiger partial charge in [0.25, 0.3) is 0 Å². The summed E-state index contributed by atoms with van der Waals surface area (Å²) >= 11 is 6.35. The molecule has 0 bridgehead atoms. The van der Waals surface area contributed by atoms with Crippen LogP contribution in [-0.2, 0) is 23.0 Å². The molecule has 2 aromatic rings. The zero-order valence-corrected chi connectivity index (χ0v) is 14.8. The Morgan fingerprint density at radius 2 is 1.96 bits per heavy atom. The molecule has 0 spiro atoms. The van der Waals surface area contributed by atoms with Gasteiger partial charge in [-0.1, -0.05) is 29.8 Å². The third-order valence-electron chi connectivity index (χ3n) is 3.53. The van der Waals surface area contributed by atoms with Crippen molar-refractivity contribution in [3.8, 4) is 0 Å². The van der Waals surface area contributed by atoms with Crippen LogP contribution in [0.2, 0.25) is 5.15 Å². The molecular weight excluding hydrogens is 332 g/mol. The number of rotatable bonds is 4. The number of hydrogen-bond acceptors (Lipinski definition) is 3. The number of nitrogens with zero attached hydrogens (tertiary/aromatic N) is 1. The number of fused-ring (bicyclic) bond motifs is 1. The number of alkyl carbamates (subject to hydrolysis) is 1. The Balaban J connectivity index is 2.28. The molecule has 0 aliphatic rings. The van der Waals surface area contributed by atoms with Gasteiger partial charge in [0.2, 0.25) is 0 Å². The van der Waals surface area contributed by atoms with Gasteiger partial charge in [-0.05, 0) is 32.4 Å². The van der Waals surface area contributed by atoms with Crippen molar-refractivity contribution in [3.05, 3.63) is 35.0 Å². The third-order valence-corrected chi connectivity index (χ3v) is 4.01. The Morgan fingerprint density at radius 3 is 2.54 bits per heavy atom. The van der Waals surface area contributed by atoms with Gasteiger partial charge in [0.05, 0.1) is 0 Å². The summed E-state index contributed by atoms with van der Waals surface area (Å²) in [4.78, 5) is 23.4. The van der Waals surface area contributed by atoms with Gasteiger partial charge in [-0.25, -0.2) is 9.59 Å². The van der Waals surface area contributed by atoms with Crippen molar-refractivity contribution in [1.82, 2.24) is 9.88 Å². The van der Waals surface area contributed by atoms with Crippen molar-refractivity contribution in [2.75, 3.05) is 0 Å². The molecule has 1 amide bonds. The second-order valence-electron chi connectivity index (χ2n) is 6.59. The van der Waals surface area contributed by atoms with Crippen LogP contribution in [0.3, 0.4) is 0 Å². The lowest BCUT2D eigenvalue weighted by molar-refractivity contribution is -0.139. The number of para-hydroxylation sites is 1. The van der Waals surface area contributed by atoms with E-state index in [2.05, 4.69) is 5.32 Å². The molecule has 130 valence electrons. The van der Waals surface area contributed by atoms with E-state index in [-0.39, 0.29) is 6.42 Å². The number of amides is 1. The number of ether oxygens (including phenoxy) is 1. The number of hydrogen-bond donors (Lipinski definition) is 2. The molecule has 1 aromatic carbocycles. The van der Waals surface area contributed by atoms with Gasteiger partial charge >= 0.3 is 12.1 Å². The van der Waals surface area contributed by atoms with Crippen molar-refractivity contribution in [1.29, 1.82) is 0 Å². The highest BCUT2D eigenvalue weighted by atomic mass is 35.5. The maximum atomic E-state index is 11.9. The van der Waals surface area contributed by atoms with E-state index in [9.17, 15) is 14.7 Å². The largest absolute Gasteiger partial charge is 0.480 e. The van der Waals surface area contributed by atoms with Crippen LogP contribution in [0.25, 0.3) is 10.9 Å². The van der Waals surface area contributed by atoms with Gasteiger partial charge in [-0.15, -0.1) is 0 Å². The number of aromatic nitrogens is 1. The molecule has 6 nitrogen and oxygen atoms in total. The van der Waals surface area contributed by atoms with Crippen LogP contribution in [0.5, 0.6) is 0 Å². The Morgan fingerprint density at radius 1 is 1.33 bits per heavy atom. The maximum absolute atomic E-state index is 11.9. The van der Waals surface area contributed by atoms with E-state index in [4.69, 9.17) is 16.3 Å². The lowest BCUT2D eigenvalue weighted by Gasteiger charge is -2.22. The van der Waals surface area contributed by atoms with Gasteiger partial charge in [0.15, 0.2) is 0 Å². The average Bonchev–Trinajstić information content (AvgIpc) is 2.70. The zero-order chi connectivity index (χ0) is 18.1. The number of carboxylic acids is 1. The predicted molar refractivity (Wildman–Crippen MR) is 92.4 cm³/mol. The fourth-order valence-corrected chi connectivity index (χ4v) is 2.76. The zero-order valence-electron chi connectivity index (χ0n) is 14.1. The molecule has 1 atom stereocenters. The molecule has 0 saturated heterocycles. The monoisotopic (exact) mass is 352 g/mol. The molecule has 0 saturated carbocycles. The summed E-state index contributed by atoms with van der Waals surface area (Å²) in [6.45, 7) is 5.14. The summed E-state index contributed by atoms with van der Waals surface area (Å²) in [5.74, 6) is -1.15. The number of carbonyl (C=O) groups is 2. The Hall–Kier alpha value is -2.21. The highest BCUT2D eigenvalue weighted by molar-refractivity contribution is 6.32. The summed E-state index contributed by atoms with van der Waals surface area (Å²) in [5.41, 5.74) is 0.877. The van der Waals surface area contributed by atoms with E-state index in [1.54, 1.807) is 25.3 Å². The minimum Gasteiger partial charge on any atom is -0.480 e. The van der Waals surface area contributed by atoms with E-state index in [0.717, 1.165) is 10.9 Å². The second-order valence-corrected chi connectivity index (χ2v) is 6.94. The molecule has 0 radical (unpaired) electrons. The summed E-state index contributed by atoms with van der Waals surface area (Å²) in [6.07, 6.45) is -0.708. The number of aryl methyl sites for hydroxylation is 1. The van der Waals surface area contributed by atoms with Crippen LogP contribution in [0.15, 0.2) is 24.3 Å². The van der Waals surface area contributed by atoms with E-state index in [1.807, 2.05) is 31.3 Å². The van der Waals surface area contributed by atoms with Crippen molar-refractivity contribution >= 4 is 34.6 Å².